The minimum Gasteiger partial charge on any atom is -0.412 e. The fraction of sp³-hybridized carbons (Fsp3) is 0.0909. The van der Waals surface area contributed by atoms with E-state index in [1.54, 1.807) is 6.11 Å². The topological polar surface area (TPSA) is 358 Å². The fourth-order valence-electron chi connectivity index (χ4n) is 3.10. The van der Waals surface area contributed by atoms with Crippen molar-refractivity contribution in [1.82, 2.24) is 0 Å². The van der Waals surface area contributed by atoms with E-state index >= 15 is 0 Å². The van der Waals surface area contributed by atoms with Gasteiger partial charge >= 0.3 is 20.8 Å². The van der Waals surface area contributed by atoms with Gasteiger partial charge in [-0.15, -0.1) is 15.3 Å². The van der Waals surface area contributed by atoms with Gasteiger partial charge in [-0.25, -0.2) is 12.6 Å². The van der Waals surface area contributed by atoms with Crippen molar-refractivity contribution >= 4 is 86.6 Å². The molecule has 260 valence electrons. The zero-order valence-electron chi connectivity index (χ0n) is 23.4. The number of hydrogen-bond acceptors (Lipinski definition) is 18. The van der Waals surface area contributed by atoms with Gasteiger partial charge < -0.3 is 16.9 Å². The molecule has 0 unspecified atom stereocenters. The second-order valence-corrected chi connectivity index (χ2v) is 14.9. The molecule has 0 aliphatic heterocycles. The van der Waals surface area contributed by atoms with Crippen LogP contribution in [0.3, 0.4) is 0 Å². The number of anilines is 2. The van der Waals surface area contributed by atoms with Gasteiger partial charge in [0.15, 0.2) is 15.9 Å². The lowest BCUT2D eigenvalue weighted by Crippen LogP contribution is -2.15. The Kier molecular flexibility index (Phi) is 13.5. The quantitative estimate of drug-likeness (QED) is 0.0317. The summed E-state index contributed by atoms with van der Waals surface area (Å²) >= 11 is 0.629. The molecule has 3 aromatic rings. The first-order chi connectivity index (χ1) is 21.7. The molecule has 0 bridgehead atoms. The van der Waals surface area contributed by atoms with Crippen molar-refractivity contribution in [2.24, 2.45) is 20.5 Å². The maximum Gasteiger partial charge on any atom is 0.433 e. The lowest BCUT2D eigenvalue weighted by Gasteiger charge is -2.06. The van der Waals surface area contributed by atoms with E-state index in [9.17, 15) is 38.2 Å². The molecule has 0 atom stereocenters. The number of rotatable bonds is 13. The first-order valence-corrected chi connectivity index (χ1v) is 18.5. The molecule has 0 saturated carbocycles. The van der Waals surface area contributed by atoms with E-state index in [2.05, 4.69) is 39.1 Å². The Balaban J connectivity index is 0.00000800. The van der Waals surface area contributed by atoms with Crippen molar-refractivity contribution in [3.05, 3.63) is 54.6 Å². The minimum atomic E-state index is -4.90. The Bertz CT molecular complexity index is 2220. The van der Waals surface area contributed by atoms with Crippen LogP contribution in [-0.4, -0.2) is 65.2 Å². The second-order valence-electron chi connectivity index (χ2n) is 8.42. The fourth-order valence-corrected chi connectivity index (χ4v) is 5.93. The number of hydrogen-bond donors (Lipinski definition) is 5. The van der Waals surface area contributed by atoms with Gasteiger partial charge in [-0.3, -0.25) is 18.5 Å². The van der Waals surface area contributed by atoms with E-state index in [4.69, 9.17) is 20.6 Å². The minimum absolute atomic E-state index is 0. The van der Waals surface area contributed by atoms with Crippen LogP contribution in [0.5, 0.6) is 0 Å². The number of nitrogens with zero attached hydrogens (tertiary/aromatic N) is 4. The summed E-state index contributed by atoms with van der Waals surface area (Å²) in [6.45, 7) is -0.800. The number of benzene rings is 3. The summed E-state index contributed by atoms with van der Waals surface area (Å²) in [5.74, 6) is -0.732. The van der Waals surface area contributed by atoms with E-state index in [1.165, 1.54) is 42.5 Å². The summed E-state index contributed by atoms with van der Waals surface area (Å²) in [5, 5.41) is 17.9. The molecule has 21 nitrogen and oxygen atoms in total. The van der Waals surface area contributed by atoms with Gasteiger partial charge in [-0.05, 0) is 70.7 Å². The molecule has 3 rings (SSSR count). The van der Waals surface area contributed by atoms with Crippen molar-refractivity contribution in [2.75, 3.05) is 23.8 Å². The predicted molar refractivity (Wildman–Crippen MR) is 167 cm³/mol. The molecule has 0 radical (unpaired) electrons. The van der Waals surface area contributed by atoms with Crippen LogP contribution in [0.4, 0.5) is 34.1 Å². The Labute approximate surface area is 276 Å². The molecule has 0 aliphatic rings. The van der Waals surface area contributed by atoms with Crippen molar-refractivity contribution in [2.45, 2.75) is 14.7 Å². The van der Waals surface area contributed by atoms with Gasteiger partial charge in [0.1, 0.15) is 22.0 Å². The third kappa shape index (κ3) is 12.7. The lowest BCUT2D eigenvalue weighted by atomic mass is 10.2. The molecular weight excluding hydrogens is 749 g/mol. The highest BCUT2D eigenvalue weighted by atomic mass is 32.3. The second kappa shape index (κ2) is 16.2. The van der Waals surface area contributed by atoms with E-state index in [0.29, 0.717) is 11.8 Å². The van der Waals surface area contributed by atoms with Gasteiger partial charge in [-0.2, -0.15) is 30.4 Å². The van der Waals surface area contributed by atoms with Gasteiger partial charge in [0, 0.05) is 10.1 Å². The largest absolute Gasteiger partial charge is 0.433 e. The van der Waals surface area contributed by atoms with Gasteiger partial charge in [0.25, 0.3) is 10.1 Å². The molecule has 26 heteroatoms. The van der Waals surface area contributed by atoms with Gasteiger partial charge in [0.05, 0.1) is 34.3 Å². The highest BCUT2D eigenvalue weighted by Crippen LogP contribution is 2.37. The summed E-state index contributed by atoms with van der Waals surface area (Å²) < 4.78 is 125. The number of nitrogens with two attached hydrogens (primary N) is 2. The molecule has 9 N–H and O–H groups in total. The zero-order chi connectivity index (χ0) is 35.0. The van der Waals surface area contributed by atoms with Crippen LogP contribution in [0.25, 0.3) is 0 Å². The van der Waals surface area contributed by atoms with E-state index in [1.807, 2.05) is 0 Å². The number of nitrogen functional groups attached to an aromatic ring is 2. The average molecular weight is 771 g/mol. The highest BCUT2D eigenvalue weighted by molar-refractivity contribution is 8.04. The van der Waals surface area contributed by atoms with Gasteiger partial charge in [-0.1, -0.05) is 0 Å². The third-order valence-electron chi connectivity index (χ3n) is 5.08. The molecule has 0 spiro atoms. The summed E-state index contributed by atoms with van der Waals surface area (Å²) in [5.41, 5.74) is 11.8. The Morgan fingerprint density at radius 1 is 0.729 bits per heavy atom. The maximum absolute atomic E-state index is 12.3. The maximum atomic E-state index is 12.3. The van der Waals surface area contributed by atoms with Crippen LogP contribution < -0.4 is 11.5 Å². The third-order valence-corrected chi connectivity index (χ3v) is 9.03. The number of azo groups is 2. The van der Waals surface area contributed by atoms with Crippen LogP contribution in [0.1, 0.15) is 0 Å². The Morgan fingerprint density at radius 3 is 1.88 bits per heavy atom. The smallest absolute Gasteiger partial charge is 0.412 e. The van der Waals surface area contributed by atoms with Crippen LogP contribution in [0.2, 0.25) is 0 Å². The first kappa shape index (κ1) is 39.9. The Morgan fingerprint density at radius 2 is 1.31 bits per heavy atom. The molecule has 0 fully saturated rings. The molecule has 0 saturated heterocycles. The number of thioether (sulfide) groups is 1. The molecular formula is C22H22N6O15S5. The van der Waals surface area contributed by atoms with Crippen LogP contribution >= 0.6 is 11.8 Å². The van der Waals surface area contributed by atoms with Crippen molar-refractivity contribution in [1.29, 1.82) is 0 Å². The first-order valence-electron chi connectivity index (χ1n) is 11.8. The molecule has 0 amide bonds. The summed E-state index contributed by atoms with van der Waals surface area (Å²) in [7, 11) is -18.5. The van der Waals surface area contributed by atoms with E-state index < -0.39 is 58.0 Å². The lowest BCUT2D eigenvalue weighted by molar-refractivity contribution is -0.135. The van der Waals surface area contributed by atoms with Crippen molar-refractivity contribution < 1.29 is 66.2 Å². The normalized spacial score (nSPS) is 12.4. The number of sulfone groups is 1. The molecule has 48 heavy (non-hydrogen) atoms. The molecule has 0 aliphatic carbocycles. The predicted octanol–water partition coefficient (Wildman–Crippen LogP) is 2.46. The molecule has 3 aromatic carbocycles. The zero-order valence-corrected chi connectivity index (χ0v) is 27.5. The van der Waals surface area contributed by atoms with Crippen LogP contribution in [0, 0.1) is 11.4 Å². The summed E-state index contributed by atoms with van der Waals surface area (Å²) in [4.78, 5) is 3.19. The highest BCUT2D eigenvalue weighted by Gasteiger charge is 2.18. The van der Waals surface area contributed by atoms with Crippen molar-refractivity contribution in [3.8, 4) is 11.4 Å². The van der Waals surface area contributed by atoms with Crippen LogP contribution in [0.15, 0.2) is 89.7 Å². The van der Waals surface area contributed by atoms with Crippen LogP contribution in [-0.2, 0) is 54.2 Å². The molecule has 0 aromatic heterocycles. The van der Waals surface area contributed by atoms with Gasteiger partial charge in [0.2, 0.25) is 0 Å². The standard InChI is InChI=1S/C22H20N6O14S5.H2O/c23-17-12-18(24)21(13-20(17)27-25-14-1-4-16(5-2-14)44(29,30)10-8-41-46(34,35)36)28-26-19-6-3-15(11-22(19)45(31,32)33)43-9-7-40-42-47(37,38)39;/h1-6,11-13H,8,10,23-24H2,(H,31,32,33)(H,34,35,36)(H,37,38,39);1H2. The van der Waals surface area contributed by atoms with E-state index in [-0.39, 0.29) is 49.4 Å². The summed E-state index contributed by atoms with van der Waals surface area (Å²) in [6.07, 6.45) is 1.77. The summed E-state index contributed by atoms with van der Waals surface area (Å²) in [6, 6.07) is 10.9. The Hall–Kier alpha value is -4.27. The molecule has 0 heterocycles. The van der Waals surface area contributed by atoms with Crippen molar-refractivity contribution in [3.63, 3.8) is 0 Å². The average Bonchev–Trinajstić information content (AvgIpc) is 2.94. The monoisotopic (exact) mass is 770 g/mol. The SMILES string of the molecule is Nc1cc(N)c(N=Nc2ccc(SC#COOS(=O)(=O)O)cc2S(=O)(=O)O)cc1N=Nc1ccc(S(=O)(=O)CCOS(=O)(=O)O)cc1.O. The van der Waals surface area contributed by atoms with E-state index in [0.717, 1.165) is 12.1 Å².